The number of carbonyl (C=O) groups is 1. The van der Waals surface area contributed by atoms with Gasteiger partial charge in [-0.1, -0.05) is 30.9 Å². The minimum absolute atomic E-state index is 0.0439. The van der Waals surface area contributed by atoms with Crippen molar-refractivity contribution in [1.82, 2.24) is 0 Å². The van der Waals surface area contributed by atoms with Crippen molar-refractivity contribution in [3.63, 3.8) is 0 Å². The lowest BCUT2D eigenvalue weighted by Crippen LogP contribution is -2.06. The average Bonchev–Trinajstić information content (AvgIpc) is 2.34. The summed E-state index contributed by atoms with van der Waals surface area (Å²) in [5, 5.41) is 19.2. The highest BCUT2D eigenvalue weighted by Gasteiger charge is 2.20. The van der Waals surface area contributed by atoms with E-state index in [1.165, 1.54) is 19.3 Å². The van der Waals surface area contributed by atoms with Crippen LogP contribution in [0.25, 0.3) is 0 Å². The van der Waals surface area contributed by atoms with Crippen LogP contribution in [0.2, 0.25) is 5.02 Å². The third kappa shape index (κ3) is 2.96. The van der Waals surface area contributed by atoms with Crippen LogP contribution in [0.15, 0.2) is 12.1 Å². The molecule has 0 unspecified atom stereocenters. The molecule has 0 radical (unpaired) electrons. The van der Waals surface area contributed by atoms with Gasteiger partial charge in [0, 0.05) is 10.6 Å². The molecule has 1 saturated carbocycles. The van der Waals surface area contributed by atoms with Crippen molar-refractivity contribution in [2.75, 3.05) is 0 Å². The first-order valence-electron chi connectivity index (χ1n) is 6.31. The quantitative estimate of drug-likeness (QED) is 0.878. The molecule has 1 aliphatic rings. The Morgan fingerprint density at radius 2 is 1.94 bits per heavy atom. The smallest absolute Gasteiger partial charge is 0.307 e. The molecular weight excluding hydrogens is 252 g/mol. The number of halogens is 1. The van der Waals surface area contributed by atoms with Gasteiger partial charge < -0.3 is 10.2 Å². The van der Waals surface area contributed by atoms with E-state index >= 15 is 0 Å². The minimum atomic E-state index is -0.966. The molecule has 18 heavy (non-hydrogen) atoms. The first kappa shape index (κ1) is 13.2. The highest BCUT2D eigenvalue weighted by atomic mass is 35.5. The van der Waals surface area contributed by atoms with Crippen LogP contribution in [0.3, 0.4) is 0 Å². The van der Waals surface area contributed by atoms with Gasteiger partial charge in [0.1, 0.15) is 5.75 Å². The second-order valence-corrected chi connectivity index (χ2v) is 5.32. The number of aliphatic carboxylic acids is 1. The lowest BCUT2D eigenvalue weighted by molar-refractivity contribution is -0.136. The molecule has 0 aromatic heterocycles. The zero-order valence-corrected chi connectivity index (χ0v) is 10.9. The minimum Gasteiger partial charge on any atom is -0.508 e. The lowest BCUT2D eigenvalue weighted by atomic mass is 9.83. The number of carboxylic acid groups (broad SMARTS) is 1. The molecule has 1 fully saturated rings. The Morgan fingerprint density at radius 3 is 2.56 bits per heavy atom. The summed E-state index contributed by atoms with van der Waals surface area (Å²) in [7, 11) is 0. The van der Waals surface area contributed by atoms with Gasteiger partial charge in [0.2, 0.25) is 0 Å². The van der Waals surface area contributed by atoms with Crippen molar-refractivity contribution in [3.05, 3.63) is 28.3 Å². The topological polar surface area (TPSA) is 57.5 Å². The van der Waals surface area contributed by atoms with Crippen LogP contribution in [0.4, 0.5) is 0 Å². The second kappa shape index (κ2) is 5.61. The van der Waals surface area contributed by atoms with Crippen molar-refractivity contribution in [3.8, 4) is 5.75 Å². The molecule has 0 bridgehead atoms. The monoisotopic (exact) mass is 268 g/mol. The number of benzene rings is 1. The van der Waals surface area contributed by atoms with E-state index in [0.29, 0.717) is 16.5 Å². The molecule has 0 heterocycles. The number of phenolic OH excluding ortho intramolecular Hbond substituents is 1. The summed E-state index contributed by atoms with van der Waals surface area (Å²) in [4.78, 5) is 10.7. The van der Waals surface area contributed by atoms with Crippen LogP contribution in [-0.4, -0.2) is 16.2 Å². The van der Waals surface area contributed by atoms with Gasteiger partial charge in [-0.25, -0.2) is 0 Å². The molecule has 98 valence electrons. The van der Waals surface area contributed by atoms with E-state index < -0.39 is 5.97 Å². The maximum absolute atomic E-state index is 10.7. The van der Waals surface area contributed by atoms with E-state index in [9.17, 15) is 9.90 Å². The largest absolute Gasteiger partial charge is 0.508 e. The van der Waals surface area contributed by atoms with Crippen LogP contribution in [0.1, 0.15) is 49.1 Å². The van der Waals surface area contributed by atoms with Gasteiger partial charge >= 0.3 is 5.97 Å². The summed E-state index contributed by atoms with van der Waals surface area (Å²) in [5.74, 6) is -0.523. The van der Waals surface area contributed by atoms with E-state index in [2.05, 4.69) is 0 Å². The zero-order valence-electron chi connectivity index (χ0n) is 10.2. The highest BCUT2D eigenvalue weighted by Crippen LogP contribution is 2.39. The molecule has 3 nitrogen and oxygen atoms in total. The number of carboxylic acids is 1. The Balaban J connectivity index is 2.26. The fourth-order valence-corrected chi connectivity index (χ4v) is 2.99. The van der Waals surface area contributed by atoms with Crippen molar-refractivity contribution < 1.29 is 15.0 Å². The number of phenols is 1. The summed E-state index contributed by atoms with van der Waals surface area (Å²) < 4.78 is 0. The van der Waals surface area contributed by atoms with Gasteiger partial charge in [-0.05, 0) is 36.5 Å². The molecule has 1 aromatic carbocycles. The van der Waals surface area contributed by atoms with Crippen molar-refractivity contribution in [2.45, 2.75) is 44.4 Å². The van der Waals surface area contributed by atoms with Gasteiger partial charge in [0.05, 0.1) is 6.42 Å². The van der Waals surface area contributed by atoms with Gasteiger partial charge in [0.25, 0.3) is 0 Å². The summed E-state index contributed by atoms with van der Waals surface area (Å²) in [6.07, 6.45) is 5.64. The maximum Gasteiger partial charge on any atom is 0.307 e. The summed E-state index contributed by atoms with van der Waals surface area (Å²) in [5.41, 5.74) is 1.34. The third-order valence-electron chi connectivity index (χ3n) is 3.58. The Kier molecular flexibility index (Phi) is 4.12. The highest BCUT2D eigenvalue weighted by molar-refractivity contribution is 6.31. The van der Waals surface area contributed by atoms with Gasteiger partial charge in [0.15, 0.2) is 0 Å². The van der Waals surface area contributed by atoms with E-state index in [0.717, 1.165) is 18.4 Å². The number of hydrogen-bond donors (Lipinski definition) is 2. The summed E-state index contributed by atoms with van der Waals surface area (Å²) in [6.45, 7) is 0. The standard InChI is InChI=1S/C14H17ClO3/c15-12-6-10(7-14(17)18)13(16)8-11(12)9-4-2-1-3-5-9/h6,8-9,16H,1-5,7H2,(H,17,18). The molecule has 1 aromatic rings. The molecule has 2 rings (SSSR count). The third-order valence-corrected chi connectivity index (χ3v) is 3.91. The predicted octanol–water partition coefficient (Wildman–Crippen LogP) is 3.72. The Bertz CT molecular complexity index is 451. The van der Waals surface area contributed by atoms with Gasteiger partial charge in [-0.2, -0.15) is 0 Å². The molecule has 0 aliphatic heterocycles. The number of hydrogen-bond acceptors (Lipinski definition) is 2. The normalized spacial score (nSPS) is 16.7. The van der Waals surface area contributed by atoms with Crippen molar-refractivity contribution in [1.29, 1.82) is 0 Å². The molecule has 0 saturated heterocycles. The van der Waals surface area contributed by atoms with E-state index in [1.54, 1.807) is 12.1 Å². The van der Waals surface area contributed by atoms with Crippen LogP contribution in [-0.2, 0) is 11.2 Å². The van der Waals surface area contributed by atoms with Crippen LogP contribution < -0.4 is 0 Å². The SMILES string of the molecule is O=C(O)Cc1cc(Cl)c(C2CCCCC2)cc1O. The Hall–Kier alpha value is -1.22. The van der Waals surface area contributed by atoms with Crippen molar-refractivity contribution in [2.24, 2.45) is 0 Å². The van der Waals surface area contributed by atoms with Gasteiger partial charge in [-0.15, -0.1) is 0 Å². The Morgan fingerprint density at radius 1 is 1.28 bits per heavy atom. The fraction of sp³-hybridized carbons (Fsp3) is 0.500. The maximum atomic E-state index is 10.7. The molecule has 0 atom stereocenters. The Labute approximate surface area is 111 Å². The molecule has 1 aliphatic carbocycles. The van der Waals surface area contributed by atoms with Crippen LogP contribution in [0.5, 0.6) is 5.75 Å². The molecule has 0 amide bonds. The second-order valence-electron chi connectivity index (χ2n) is 4.91. The molecule has 4 heteroatoms. The number of aromatic hydroxyl groups is 1. The van der Waals surface area contributed by atoms with Crippen LogP contribution >= 0.6 is 11.6 Å². The summed E-state index contributed by atoms with van der Waals surface area (Å²) in [6, 6.07) is 3.24. The van der Waals surface area contributed by atoms with Crippen LogP contribution in [0, 0.1) is 0 Å². The summed E-state index contributed by atoms with van der Waals surface area (Å²) >= 11 is 6.21. The fourth-order valence-electron chi connectivity index (χ4n) is 2.65. The van der Waals surface area contributed by atoms with Crippen molar-refractivity contribution >= 4 is 17.6 Å². The van der Waals surface area contributed by atoms with E-state index in [1.807, 2.05) is 0 Å². The first-order valence-corrected chi connectivity index (χ1v) is 6.69. The first-order chi connectivity index (χ1) is 8.58. The zero-order chi connectivity index (χ0) is 13.1. The predicted molar refractivity (Wildman–Crippen MR) is 70.3 cm³/mol. The molecule has 2 N–H and O–H groups in total. The molecular formula is C14H17ClO3. The lowest BCUT2D eigenvalue weighted by Gasteiger charge is -2.23. The van der Waals surface area contributed by atoms with E-state index in [4.69, 9.17) is 16.7 Å². The van der Waals surface area contributed by atoms with Gasteiger partial charge in [-0.3, -0.25) is 4.79 Å². The van der Waals surface area contributed by atoms with E-state index in [-0.39, 0.29) is 12.2 Å². The molecule has 0 spiro atoms. The average molecular weight is 269 g/mol. The number of rotatable bonds is 3.